The summed E-state index contributed by atoms with van der Waals surface area (Å²) in [6.45, 7) is 2.23. The fourth-order valence-corrected chi connectivity index (χ4v) is 1.83. The molecule has 1 saturated carbocycles. The molecule has 0 aromatic heterocycles. The summed E-state index contributed by atoms with van der Waals surface area (Å²) >= 11 is 0. The molecular weight excluding hydrogens is 152 g/mol. The van der Waals surface area contributed by atoms with Crippen molar-refractivity contribution in [3.8, 4) is 0 Å². The molecule has 0 aliphatic heterocycles. The maximum Gasteiger partial charge on any atom is 0.0859 e. The first kappa shape index (κ1) is 9.76. The van der Waals surface area contributed by atoms with Crippen LogP contribution in [0.1, 0.15) is 51.9 Å². The Labute approximate surface area is 74.9 Å². The van der Waals surface area contributed by atoms with Gasteiger partial charge in [-0.3, -0.25) is 0 Å². The zero-order chi connectivity index (χ0) is 8.81. The van der Waals surface area contributed by atoms with E-state index in [2.05, 4.69) is 6.92 Å². The summed E-state index contributed by atoms with van der Waals surface area (Å²) in [7, 11) is 0. The molecule has 1 aliphatic carbocycles. The van der Waals surface area contributed by atoms with Gasteiger partial charge in [-0.25, -0.2) is 4.39 Å². The second-order valence-corrected chi connectivity index (χ2v) is 3.89. The zero-order valence-corrected chi connectivity index (χ0v) is 7.98. The SMILES string of the molecule is CCCCCCC1CC(=[13CH]F)C1. The van der Waals surface area contributed by atoms with Crippen molar-refractivity contribution >= 4 is 0 Å². The molecule has 0 spiro atoms. The van der Waals surface area contributed by atoms with E-state index in [0.29, 0.717) is 0 Å². The number of allylic oxidation sites excluding steroid dienone is 1. The van der Waals surface area contributed by atoms with E-state index in [-0.39, 0.29) is 0 Å². The van der Waals surface area contributed by atoms with Gasteiger partial charge in [0.25, 0.3) is 0 Å². The molecule has 0 amide bonds. The highest BCUT2D eigenvalue weighted by atomic mass is 19.2. The van der Waals surface area contributed by atoms with Crippen molar-refractivity contribution in [3.63, 3.8) is 0 Å². The first-order valence-corrected chi connectivity index (χ1v) is 5.15. The van der Waals surface area contributed by atoms with Crippen molar-refractivity contribution in [2.75, 3.05) is 0 Å². The molecule has 1 fully saturated rings. The lowest BCUT2D eigenvalue weighted by molar-refractivity contribution is 0.364. The number of unbranched alkanes of at least 4 members (excludes halogenated alkanes) is 3. The third kappa shape index (κ3) is 2.96. The van der Waals surface area contributed by atoms with Crippen molar-refractivity contribution in [3.05, 3.63) is 11.9 Å². The van der Waals surface area contributed by atoms with Crippen LogP contribution in [0.3, 0.4) is 0 Å². The summed E-state index contributed by atoms with van der Waals surface area (Å²) in [4.78, 5) is 0. The van der Waals surface area contributed by atoms with Crippen LogP contribution in [0.2, 0.25) is 0 Å². The average Bonchev–Trinajstić information content (AvgIpc) is 2.01. The predicted octanol–water partition coefficient (Wildman–Crippen LogP) is 4.22. The fourth-order valence-electron chi connectivity index (χ4n) is 1.83. The van der Waals surface area contributed by atoms with Crippen LogP contribution in [-0.2, 0) is 0 Å². The third-order valence-corrected chi connectivity index (χ3v) is 2.72. The molecule has 0 bridgehead atoms. The highest BCUT2D eigenvalue weighted by Crippen LogP contribution is 2.36. The maximum absolute atomic E-state index is 11.9. The van der Waals surface area contributed by atoms with E-state index >= 15 is 0 Å². The van der Waals surface area contributed by atoms with Gasteiger partial charge >= 0.3 is 0 Å². The minimum Gasteiger partial charge on any atom is -0.216 e. The summed E-state index contributed by atoms with van der Waals surface area (Å²) in [5.74, 6) is 0.809. The topological polar surface area (TPSA) is 0 Å². The average molecular weight is 171 g/mol. The van der Waals surface area contributed by atoms with Gasteiger partial charge in [-0.15, -0.1) is 0 Å². The van der Waals surface area contributed by atoms with Crippen LogP contribution >= 0.6 is 0 Å². The predicted molar refractivity (Wildman–Crippen MR) is 50.7 cm³/mol. The van der Waals surface area contributed by atoms with Gasteiger partial charge in [0.2, 0.25) is 0 Å². The van der Waals surface area contributed by atoms with Crippen LogP contribution in [0.15, 0.2) is 11.9 Å². The second kappa shape index (κ2) is 5.34. The quantitative estimate of drug-likeness (QED) is 0.429. The molecule has 1 rings (SSSR count). The molecular formula is C11H19F. The first-order valence-electron chi connectivity index (χ1n) is 5.15. The third-order valence-electron chi connectivity index (χ3n) is 2.72. The maximum atomic E-state index is 11.9. The summed E-state index contributed by atoms with van der Waals surface area (Å²) < 4.78 is 11.9. The standard InChI is InChI=1S/C11H19F/c1-2-3-4-5-6-10-7-11(8-10)9-12/h9-10H,2-8H2,1H3/i9+1. The molecule has 0 N–H and O–H groups in total. The smallest absolute Gasteiger partial charge is 0.0859 e. The molecule has 1 aliphatic rings. The highest BCUT2D eigenvalue weighted by molar-refractivity contribution is 5.09. The Hall–Kier alpha value is -0.330. The van der Waals surface area contributed by atoms with E-state index in [1.165, 1.54) is 32.1 Å². The van der Waals surface area contributed by atoms with Crippen LogP contribution in [0.4, 0.5) is 4.39 Å². The molecule has 0 heterocycles. The Balaban J connectivity index is 1.90. The van der Waals surface area contributed by atoms with Crippen molar-refractivity contribution in [2.24, 2.45) is 5.92 Å². The van der Waals surface area contributed by atoms with Crippen molar-refractivity contribution in [1.82, 2.24) is 0 Å². The van der Waals surface area contributed by atoms with E-state index in [1.54, 1.807) is 0 Å². The Bertz CT molecular complexity index is 141. The highest BCUT2D eigenvalue weighted by Gasteiger charge is 2.22. The Morgan fingerprint density at radius 2 is 2.08 bits per heavy atom. The Morgan fingerprint density at radius 1 is 1.33 bits per heavy atom. The Morgan fingerprint density at radius 3 is 2.67 bits per heavy atom. The largest absolute Gasteiger partial charge is 0.216 e. The number of hydrogen-bond donors (Lipinski definition) is 0. The van der Waals surface area contributed by atoms with Crippen LogP contribution < -0.4 is 0 Å². The minimum absolute atomic E-state index is 0.794. The normalized spacial score (nSPS) is 22.2. The van der Waals surface area contributed by atoms with Gasteiger partial charge in [0.1, 0.15) is 0 Å². The first-order chi connectivity index (χ1) is 5.86. The van der Waals surface area contributed by atoms with Crippen LogP contribution in [0, 0.1) is 5.92 Å². The van der Waals surface area contributed by atoms with Crippen LogP contribution in [0.25, 0.3) is 0 Å². The van der Waals surface area contributed by atoms with Gasteiger partial charge in [-0.2, -0.15) is 0 Å². The van der Waals surface area contributed by atoms with Gasteiger partial charge < -0.3 is 0 Å². The molecule has 0 aromatic carbocycles. The van der Waals surface area contributed by atoms with Crippen LogP contribution in [-0.4, -0.2) is 0 Å². The summed E-state index contributed by atoms with van der Waals surface area (Å²) in [6.07, 6.45) is 9.55. The minimum atomic E-state index is 0.794. The number of rotatable bonds is 5. The second-order valence-electron chi connectivity index (χ2n) is 3.89. The molecule has 1 heteroatoms. The van der Waals surface area contributed by atoms with Gasteiger partial charge in [0.15, 0.2) is 0 Å². The molecule has 0 aromatic rings. The van der Waals surface area contributed by atoms with Crippen molar-refractivity contribution in [2.45, 2.75) is 51.9 Å². The monoisotopic (exact) mass is 171 g/mol. The summed E-state index contributed by atoms with van der Waals surface area (Å²) in [5, 5.41) is 0. The molecule has 0 atom stereocenters. The van der Waals surface area contributed by atoms with E-state index < -0.39 is 0 Å². The van der Waals surface area contributed by atoms with E-state index in [1.807, 2.05) is 0 Å². The van der Waals surface area contributed by atoms with E-state index in [0.717, 1.165) is 30.7 Å². The van der Waals surface area contributed by atoms with Gasteiger partial charge in [-0.05, 0) is 30.8 Å². The summed E-state index contributed by atoms with van der Waals surface area (Å²) in [5.41, 5.74) is 1.02. The van der Waals surface area contributed by atoms with E-state index in [4.69, 9.17) is 0 Å². The molecule has 12 heavy (non-hydrogen) atoms. The number of hydrogen-bond acceptors (Lipinski definition) is 0. The lowest BCUT2D eigenvalue weighted by Gasteiger charge is -2.28. The molecule has 0 saturated heterocycles. The molecule has 0 radical (unpaired) electrons. The summed E-state index contributed by atoms with van der Waals surface area (Å²) in [6, 6.07) is 0. The van der Waals surface area contributed by atoms with Crippen molar-refractivity contribution < 1.29 is 4.39 Å². The van der Waals surface area contributed by atoms with Crippen LogP contribution in [0.5, 0.6) is 0 Å². The van der Waals surface area contributed by atoms with Gasteiger partial charge in [-0.1, -0.05) is 32.6 Å². The zero-order valence-electron chi connectivity index (χ0n) is 7.98. The molecule has 0 unspecified atom stereocenters. The fraction of sp³-hybridized carbons (Fsp3) is 0.818. The molecule has 0 nitrogen and oxygen atoms in total. The lowest BCUT2D eigenvalue weighted by Crippen LogP contribution is -2.14. The van der Waals surface area contributed by atoms with Gasteiger partial charge in [0.05, 0.1) is 6.33 Å². The lowest BCUT2D eigenvalue weighted by atomic mass is 9.79. The Kier molecular flexibility index (Phi) is 4.34. The van der Waals surface area contributed by atoms with Crippen molar-refractivity contribution in [1.29, 1.82) is 0 Å². The number of halogens is 1. The van der Waals surface area contributed by atoms with Gasteiger partial charge in [0, 0.05) is 0 Å². The molecule has 70 valence electrons. The van der Waals surface area contributed by atoms with E-state index in [9.17, 15) is 4.39 Å².